The number of amides is 1. The second kappa shape index (κ2) is 6.73. The maximum Gasteiger partial charge on any atom is 0.220 e. The van der Waals surface area contributed by atoms with Crippen LogP contribution in [0, 0.1) is 5.92 Å². The van der Waals surface area contributed by atoms with Crippen molar-refractivity contribution in [2.45, 2.75) is 31.7 Å². The average Bonchev–Trinajstić information content (AvgIpc) is 3.09. The van der Waals surface area contributed by atoms with Gasteiger partial charge >= 0.3 is 0 Å². The fourth-order valence-electron chi connectivity index (χ4n) is 2.28. The second-order valence-corrected chi connectivity index (χ2v) is 7.18. The predicted octanol–water partition coefficient (Wildman–Crippen LogP) is 2.79. The van der Waals surface area contributed by atoms with Crippen LogP contribution in [0.1, 0.15) is 24.1 Å². The van der Waals surface area contributed by atoms with E-state index in [-0.39, 0.29) is 5.91 Å². The molecule has 1 N–H and O–H groups in total. The summed E-state index contributed by atoms with van der Waals surface area (Å²) in [6.45, 7) is 0.766. The zero-order valence-electron chi connectivity index (χ0n) is 11.5. The molecular formula is C14H21ClN2OS. The third-order valence-corrected chi connectivity index (χ3v) is 4.86. The molecule has 0 spiro atoms. The third kappa shape index (κ3) is 4.79. The number of likely N-dealkylation sites (N-methyl/N-ethyl adjacent to an activating group) is 1. The van der Waals surface area contributed by atoms with Crippen molar-refractivity contribution in [1.29, 1.82) is 0 Å². The Hall–Kier alpha value is -0.580. The number of halogens is 1. The SMILES string of the molecule is CN(C)[C@H](CNC(=O)CCc1ccc(Cl)s1)C1CC1. The highest BCUT2D eigenvalue weighted by molar-refractivity contribution is 7.16. The van der Waals surface area contributed by atoms with Crippen molar-refractivity contribution in [3.8, 4) is 0 Å². The summed E-state index contributed by atoms with van der Waals surface area (Å²) in [6.07, 6.45) is 3.92. The summed E-state index contributed by atoms with van der Waals surface area (Å²) in [4.78, 5) is 15.2. The van der Waals surface area contributed by atoms with Gasteiger partial charge in [0.25, 0.3) is 0 Å². The van der Waals surface area contributed by atoms with E-state index in [1.54, 1.807) is 11.3 Å². The highest BCUT2D eigenvalue weighted by Crippen LogP contribution is 2.34. The molecule has 0 aliphatic heterocycles. The molecule has 1 aliphatic carbocycles. The number of carbonyl (C=O) groups is 1. The van der Waals surface area contributed by atoms with Gasteiger partial charge in [0, 0.05) is 23.9 Å². The zero-order chi connectivity index (χ0) is 13.8. The number of nitrogens with zero attached hydrogens (tertiary/aromatic N) is 1. The minimum absolute atomic E-state index is 0.136. The van der Waals surface area contributed by atoms with Gasteiger partial charge in [-0.05, 0) is 51.4 Å². The molecule has 1 aromatic rings. The van der Waals surface area contributed by atoms with Crippen molar-refractivity contribution in [3.05, 3.63) is 21.3 Å². The highest BCUT2D eigenvalue weighted by atomic mass is 35.5. The molecule has 1 aromatic heterocycles. The van der Waals surface area contributed by atoms with Gasteiger partial charge in [0.05, 0.1) is 4.34 Å². The topological polar surface area (TPSA) is 32.3 Å². The number of rotatable bonds is 7. The van der Waals surface area contributed by atoms with Crippen LogP contribution in [-0.2, 0) is 11.2 Å². The molecule has 0 aromatic carbocycles. The monoisotopic (exact) mass is 300 g/mol. The molecule has 1 atom stereocenters. The normalized spacial score (nSPS) is 16.6. The van der Waals surface area contributed by atoms with Gasteiger partial charge < -0.3 is 10.2 Å². The van der Waals surface area contributed by atoms with E-state index in [0.717, 1.165) is 23.2 Å². The first-order valence-corrected chi connectivity index (χ1v) is 7.93. The summed E-state index contributed by atoms with van der Waals surface area (Å²) >= 11 is 7.42. The van der Waals surface area contributed by atoms with E-state index in [1.807, 2.05) is 12.1 Å². The van der Waals surface area contributed by atoms with Gasteiger partial charge in [-0.2, -0.15) is 0 Å². The van der Waals surface area contributed by atoms with E-state index in [4.69, 9.17) is 11.6 Å². The van der Waals surface area contributed by atoms with Crippen LogP contribution in [0.4, 0.5) is 0 Å². The summed E-state index contributed by atoms with van der Waals surface area (Å²) in [7, 11) is 4.17. The maximum atomic E-state index is 11.8. The number of hydrogen-bond acceptors (Lipinski definition) is 3. The molecule has 0 radical (unpaired) electrons. The molecule has 0 bridgehead atoms. The smallest absolute Gasteiger partial charge is 0.220 e. The van der Waals surface area contributed by atoms with Gasteiger partial charge in [-0.15, -0.1) is 11.3 Å². The quantitative estimate of drug-likeness (QED) is 0.840. The Kier molecular flexibility index (Phi) is 5.25. The van der Waals surface area contributed by atoms with Crippen LogP contribution < -0.4 is 5.32 Å². The zero-order valence-corrected chi connectivity index (χ0v) is 13.1. The largest absolute Gasteiger partial charge is 0.355 e. The molecule has 106 valence electrons. The summed E-state index contributed by atoms with van der Waals surface area (Å²) in [6, 6.07) is 4.36. The lowest BCUT2D eigenvalue weighted by molar-refractivity contribution is -0.121. The van der Waals surface area contributed by atoms with E-state index in [9.17, 15) is 4.79 Å². The Morgan fingerprint density at radius 3 is 2.79 bits per heavy atom. The van der Waals surface area contributed by atoms with Crippen molar-refractivity contribution in [3.63, 3.8) is 0 Å². The molecule has 1 aliphatic rings. The maximum absolute atomic E-state index is 11.8. The molecular weight excluding hydrogens is 280 g/mol. The average molecular weight is 301 g/mol. The molecule has 1 saturated carbocycles. The lowest BCUT2D eigenvalue weighted by atomic mass is 10.1. The minimum atomic E-state index is 0.136. The van der Waals surface area contributed by atoms with E-state index < -0.39 is 0 Å². The van der Waals surface area contributed by atoms with Gasteiger partial charge in [-0.1, -0.05) is 11.6 Å². The van der Waals surface area contributed by atoms with Crippen LogP contribution in [0.5, 0.6) is 0 Å². The number of thiophene rings is 1. The first-order valence-electron chi connectivity index (χ1n) is 6.73. The van der Waals surface area contributed by atoms with Crippen LogP contribution in [-0.4, -0.2) is 37.5 Å². The second-order valence-electron chi connectivity index (χ2n) is 5.38. The Balaban J connectivity index is 1.69. The lowest BCUT2D eigenvalue weighted by Crippen LogP contribution is -2.41. The predicted molar refractivity (Wildman–Crippen MR) is 80.9 cm³/mol. The van der Waals surface area contributed by atoms with Crippen LogP contribution in [0.2, 0.25) is 4.34 Å². The van der Waals surface area contributed by atoms with Crippen molar-refractivity contribution < 1.29 is 4.79 Å². The molecule has 5 heteroatoms. The Morgan fingerprint density at radius 1 is 1.53 bits per heavy atom. The fourth-order valence-corrected chi connectivity index (χ4v) is 3.37. The van der Waals surface area contributed by atoms with Crippen LogP contribution in [0.25, 0.3) is 0 Å². The first-order chi connectivity index (χ1) is 9.06. The molecule has 19 heavy (non-hydrogen) atoms. The lowest BCUT2D eigenvalue weighted by Gasteiger charge is -2.24. The summed E-state index contributed by atoms with van der Waals surface area (Å²) in [5.41, 5.74) is 0. The number of nitrogens with one attached hydrogen (secondary N) is 1. The third-order valence-electron chi connectivity index (χ3n) is 3.57. The number of carbonyl (C=O) groups excluding carboxylic acids is 1. The Morgan fingerprint density at radius 2 is 2.26 bits per heavy atom. The van der Waals surface area contributed by atoms with Gasteiger partial charge in [0.2, 0.25) is 5.91 Å². The summed E-state index contributed by atoms with van der Waals surface area (Å²) in [5.74, 6) is 0.906. The van der Waals surface area contributed by atoms with E-state index in [1.165, 1.54) is 17.7 Å². The number of aryl methyl sites for hydroxylation is 1. The van der Waals surface area contributed by atoms with E-state index in [0.29, 0.717) is 12.5 Å². The van der Waals surface area contributed by atoms with Crippen molar-refractivity contribution >= 4 is 28.8 Å². The van der Waals surface area contributed by atoms with Gasteiger partial charge in [0.15, 0.2) is 0 Å². The van der Waals surface area contributed by atoms with Gasteiger partial charge in [-0.3, -0.25) is 4.79 Å². The molecule has 0 saturated heterocycles. The Bertz CT molecular complexity index is 427. The number of hydrogen-bond donors (Lipinski definition) is 1. The molecule has 0 unspecified atom stereocenters. The van der Waals surface area contributed by atoms with Crippen LogP contribution in [0.3, 0.4) is 0 Å². The van der Waals surface area contributed by atoms with Crippen molar-refractivity contribution in [2.75, 3.05) is 20.6 Å². The van der Waals surface area contributed by atoms with Crippen LogP contribution in [0.15, 0.2) is 12.1 Å². The summed E-state index contributed by atoms with van der Waals surface area (Å²) in [5, 5.41) is 3.05. The summed E-state index contributed by atoms with van der Waals surface area (Å²) < 4.78 is 0.789. The van der Waals surface area contributed by atoms with Gasteiger partial charge in [-0.25, -0.2) is 0 Å². The van der Waals surface area contributed by atoms with E-state index in [2.05, 4.69) is 24.3 Å². The highest BCUT2D eigenvalue weighted by Gasteiger charge is 2.32. The van der Waals surface area contributed by atoms with Crippen LogP contribution >= 0.6 is 22.9 Å². The van der Waals surface area contributed by atoms with Crippen molar-refractivity contribution in [2.24, 2.45) is 5.92 Å². The molecule has 1 fully saturated rings. The standard InChI is InChI=1S/C14H21ClN2OS/c1-17(2)12(10-3-4-10)9-16-14(18)8-6-11-5-7-13(15)19-11/h5,7,10,12H,3-4,6,8-9H2,1-2H3,(H,16,18)/t12-/m1/s1. The molecule has 1 heterocycles. The van der Waals surface area contributed by atoms with Gasteiger partial charge in [0.1, 0.15) is 0 Å². The first kappa shape index (κ1) is 14.8. The molecule has 1 amide bonds. The minimum Gasteiger partial charge on any atom is -0.355 e. The van der Waals surface area contributed by atoms with Crippen molar-refractivity contribution in [1.82, 2.24) is 10.2 Å². The fraction of sp³-hybridized carbons (Fsp3) is 0.643. The Labute approximate surface area is 123 Å². The van der Waals surface area contributed by atoms with E-state index >= 15 is 0 Å². The molecule has 3 nitrogen and oxygen atoms in total. The molecule has 2 rings (SSSR count).